The molecule has 0 spiro atoms. The lowest BCUT2D eigenvalue weighted by molar-refractivity contribution is -0.385. The van der Waals surface area contributed by atoms with Crippen LogP contribution in [0.1, 0.15) is 18.1 Å². The predicted octanol–water partition coefficient (Wildman–Crippen LogP) is 2.40. The minimum atomic E-state index is -0.686. The van der Waals surface area contributed by atoms with E-state index in [1.54, 1.807) is 0 Å². The SMILES string of the molecule is COc1c(OC(C)=O)ccc(/C=N/NC(=O)CNc2ccccc2C)c1[N+](=O)[O-]. The van der Waals surface area contributed by atoms with Crippen LogP contribution >= 0.6 is 0 Å². The summed E-state index contributed by atoms with van der Waals surface area (Å²) >= 11 is 0. The second kappa shape index (κ2) is 9.83. The largest absolute Gasteiger partial charge is 0.488 e. The number of hydrazone groups is 1. The number of rotatable bonds is 8. The minimum Gasteiger partial charge on any atom is -0.488 e. The van der Waals surface area contributed by atoms with E-state index in [0.717, 1.165) is 17.5 Å². The smallest absolute Gasteiger partial charge is 0.323 e. The van der Waals surface area contributed by atoms with Crippen molar-refractivity contribution in [3.05, 3.63) is 57.6 Å². The predicted molar refractivity (Wildman–Crippen MR) is 106 cm³/mol. The number of benzene rings is 2. The third-order valence-corrected chi connectivity index (χ3v) is 3.74. The van der Waals surface area contributed by atoms with Crippen LogP contribution in [-0.2, 0) is 9.59 Å². The number of aryl methyl sites for hydroxylation is 1. The van der Waals surface area contributed by atoms with Crippen LogP contribution < -0.4 is 20.2 Å². The van der Waals surface area contributed by atoms with E-state index in [1.807, 2.05) is 31.2 Å². The van der Waals surface area contributed by atoms with E-state index in [1.165, 1.54) is 26.2 Å². The minimum absolute atomic E-state index is 0.0288. The number of carbonyl (C=O) groups excluding carboxylic acids is 2. The zero-order chi connectivity index (χ0) is 21.4. The second-order valence-electron chi connectivity index (χ2n) is 5.85. The summed E-state index contributed by atoms with van der Waals surface area (Å²) in [6, 6.07) is 10.2. The Bertz CT molecular complexity index is 958. The number of hydrogen-bond donors (Lipinski definition) is 2. The van der Waals surface area contributed by atoms with Crippen LogP contribution in [-0.4, -0.2) is 36.7 Å². The van der Waals surface area contributed by atoms with Crippen molar-refractivity contribution in [2.45, 2.75) is 13.8 Å². The Morgan fingerprint density at radius 1 is 1.24 bits per heavy atom. The Morgan fingerprint density at radius 3 is 2.59 bits per heavy atom. The maximum atomic E-state index is 11.9. The lowest BCUT2D eigenvalue weighted by Crippen LogP contribution is -2.26. The van der Waals surface area contributed by atoms with E-state index >= 15 is 0 Å². The Balaban J connectivity index is 2.11. The molecule has 0 aliphatic carbocycles. The Labute approximate surface area is 166 Å². The van der Waals surface area contributed by atoms with Gasteiger partial charge in [-0.15, -0.1) is 0 Å². The molecule has 0 aromatic heterocycles. The highest BCUT2D eigenvalue weighted by Crippen LogP contribution is 2.39. The summed E-state index contributed by atoms with van der Waals surface area (Å²) < 4.78 is 9.95. The highest BCUT2D eigenvalue weighted by molar-refractivity contribution is 5.90. The Morgan fingerprint density at radius 2 is 1.97 bits per heavy atom. The van der Waals surface area contributed by atoms with Crippen LogP contribution in [0.4, 0.5) is 11.4 Å². The number of nitrogens with one attached hydrogen (secondary N) is 2. The molecule has 0 atom stereocenters. The number of anilines is 1. The van der Waals surface area contributed by atoms with Crippen molar-refractivity contribution in [2.75, 3.05) is 19.0 Å². The summed E-state index contributed by atoms with van der Waals surface area (Å²) in [5, 5.41) is 18.2. The van der Waals surface area contributed by atoms with Gasteiger partial charge >= 0.3 is 11.7 Å². The van der Waals surface area contributed by atoms with E-state index in [-0.39, 0.29) is 23.6 Å². The Hall–Kier alpha value is -3.95. The number of nitro groups is 1. The van der Waals surface area contributed by atoms with E-state index < -0.39 is 22.5 Å². The van der Waals surface area contributed by atoms with Gasteiger partial charge in [0.1, 0.15) is 0 Å². The number of methoxy groups -OCH3 is 1. The average Bonchev–Trinajstić information content (AvgIpc) is 2.67. The van der Waals surface area contributed by atoms with Crippen molar-refractivity contribution in [1.29, 1.82) is 0 Å². The van der Waals surface area contributed by atoms with Crippen LogP contribution in [0.3, 0.4) is 0 Å². The molecule has 0 aliphatic heterocycles. The highest BCUT2D eigenvalue weighted by atomic mass is 16.6. The molecule has 0 heterocycles. The lowest BCUT2D eigenvalue weighted by atomic mass is 10.1. The van der Waals surface area contributed by atoms with Gasteiger partial charge in [0, 0.05) is 12.6 Å². The van der Waals surface area contributed by atoms with Gasteiger partial charge in [-0.1, -0.05) is 18.2 Å². The van der Waals surface area contributed by atoms with Gasteiger partial charge in [-0.25, -0.2) is 5.43 Å². The molecule has 2 aromatic rings. The molecule has 10 nitrogen and oxygen atoms in total. The van der Waals surface area contributed by atoms with Crippen molar-refractivity contribution in [1.82, 2.24) is 5.43 Å². The second-order valence-corrected chi connectivity index (χ2v) is 5.85. The molecule has 0 fully saturated rings. The number of nitrogens with zero attached hydrogens (tertiary/aromatic N) is 2. The third kappa shape index (κ3) is 5.76. The number of carbonyl (C=O) groups is 2. The molecular formula is C19H20N4O6. The molecule has 10 heteroatoms. The zero-order valence-corrected chi connectivity index (χ0v) is 16.1. The fraction of sp³-hybridized carbons (Fsp3) is 0.211. The van der Waals surface area contributed by atoms with Gasteiger partial charge in [-0.3, -0.25) is 19.7 Å². The molecule has 29 heavy (non-hydrogen) atoms. The van der Waals surface area contributed by atoms with E-state index in [0.29, 0.717) is 0 Å². The van der Waals surface area contributed by atoms with Crippen LogP contribution in [0.5, 0.6) is 11.5 Å². The van der Waals surface area contributed by atoms with Crippen LogP contribution in [0.25, 0.3) is 0 Å². The molecular weight excluding hydrogens is 380 g/mol. The van der Waals surface area contributed by atoms with Crippen molar-refractivity contribution >= 4 is 29.5 Å². The molecule has 0 aliphatic rings. The summed E-state index contributed by atoms with van der Waals surface area (Å²) in [6.07, 6.45) is 1.11. The summed E-state index contributed by atoms with van der Waals surface area (Å²) in [5.41, 5.74) is 3.71. The third-order valence-electron chi connectivity index (χ3n) is 3.74. The number of para-hydroxylation sites is 1. The summed E-state index contributed by atoms with van der Waals surface area (Å²) in [7, 11) is 1.22. The first-order valence-electron chi connectivity index (χ1n) is 8.48. The van der Waals surface area contributed by atoms with Gasteiger partial charge in [-0.2, -0.15) is 5.10 Å². The topological polar surface area (TPSA) is 132 Å². The average molecular weight is 400 g/mol. The molecule has 2 N–H and O–H groups in total. The van der Waals surface area contributed by atoms with Gasteiger partial charge in [-0.05, 0) is 30.7 Å². The molecule has 0 saturated carbocycles. The number of esters is 1. The van der Waals surface area contributed by atoms with Crippen LogP contribution in [0, 0.1) is 17.0 Å². The number of amides is 1. The van der Waals surface area contributed by atoms with E-state index in [4.69, 9.17) is 9.47 Å². The van der Waals surface area contributed by atoms with Crippen LogP contribution in [0.2, 0.25) is 0 Å². The van der Waals surface area contributed by atoms with Crippen LogP contribution in [0.15, 0.2) is 41.5 Å². The molecule has 0 bridgehead atoms. The van der Waals surface area contributed by atoms with Gasteiger partial charge in [0.2, 0.25) is 5.75 Å². The summed E-state index contributed by atoms with van der Waals surface area (Å²) in [4.78, 5) is 33.9. The summed E-state index contributed by atoms with van der Waals surface area (Å²) in [6.45, 7) is 3.05. The van der Waals surface area contributed by atoms with E-state index in [2.05, 4.69) is 15.8 Å². The molecule has 0 radical (unpaired) electrons. The number of hydrogen-bond acceptors (Lipinski definition) is 8. The fourth-order valence-electron chi connectivity index (χ4n) is 2.45. The van der Waals surface area contributed by atoms with Crippen molar-refractivity contribution < 1.29 is 24.0 Å². The zero-order valence-electron chi connectivity index (χ0n) is 16.1. The fourth-order valence-corrected chi connectivity index (χ4v) is 2.45. The molecule has 0 unspecified atom stereocenters. The molecule has 152 valence electrons. The summed E-state index contributed by atoms with van der Waals surface area (Å²) in [5.74, 6) is -1.39. The first-order chi connectivity index (χ1) is 13.8. The number of nitro benzene ring substituents is 1. The van der Waals surface area contributed by atoms with Gasteiger partial charge < -0.3 is 14.8 Å². The van der Waals surface area contributed by atoms with Gasteiger partial charge in [0.25, 0.3) is 5.91 Å². The van der Waals surface area contributed by atoms with Gasteiger partial charge in [0.05, 0.1) is 30.4 Å². The number of ether oxygens (including phenoxy) is 2. The van der Waals surface area contributed by atoms with E-state index in [9.17, 15) is 19.7 Å². The van der Waals surface area contributed by atoms with Crippen molar-refractivity contribution in [3.63, 3.8) is 0 Å². The highest BCUT2D eigenvalue weighted by Gasteiger charge is 2.25. The maximum Gasteiger partial charge on any atom is 0.323 e. The van der Waals surface area contributed by atoms with Crippen molar-refractivity contribution in [3.8, 4) is 11.5 Å². The molecule has 2 rings (SSSR count). The normalized spacial score (nSPS) is 10.4. The first kappa shape index (κ1) is 21.4. The molecule has 2 aromatic carbocycles. The monoisotopic (exact) mass is 400 g/mol. The van der Waals surface area contributed by atoms with Gasteiger partial charge in [0.15, 0.2) is 5.75 Å². The van der Waals surface area contributed by atoms with Crippen molar-refractivity contribution in [2.24, 2.45) is 5.10 Å². The Kier molecular flexibility index (Phi) is 7.24. The molecule has 1 amide bonds. The standard InChI is InChI=1S/C19H20N4O6/c1-12-6-4-5-7-15(12)20-11-17(25)22-21-10-14-8-9-16(29-13(2)24)19(28-3)18(14)23(26)27/h4-10,20H,11H2,1-3H3,(H,22,25)/b21-10+. The quantitative estimate of drug-likeness (QED) is 0.229. The maximum absolute atomic E-state index is 11.9. The first-order valence-corrected chi connectivity index (χ1v) is 8.48. The lowest BCUT2D eigenvalue weighted by Gasteiger charge is -2.10. The molecule has 0 saturated heterocycles.